The Labute approximate surface area is 132 Å². The van der Waals surface area contributed by atoms with Gasteiger partial charge < -0.3 is 9.30 Å². The number of hydrogen-bond donors (Lipinski definition) is 1. The summed E-state index contributed by atoms with van der Waals surface area (Å²) in [4.78, 5) is 11.6. The lowest BCUT2D eigenvalue weighted by molar-refractivity contribution is -0.138. The monoisotopic (exact) mass is 341 g/mol. The van der Waals surface area contributed by atoms with Gasteiger partial charge in [-0.25, -0.2) is 9.49 Å². The Bertz CT molecular complexity index is 989. The van der Waals surface area contributed by atoms with Crippen LogP contribution in [0, 0.1) is 12.7 Å². The van der Waals surface area contributed by atoms with Crippen molar-refractivity contribution in [3.8, 4) is 11.4 Å². The number of nitrogens with zero attached hydrogens (tertiary/aromatic N) is 2. The molecule has 0 amide bonds. The van der Waals surface area contributed by atoms with Crippen molar-refractivity contribution in [2.24, 2.45) is 0 Å². The molecule has 0 aliphatic heterocycles. The predicted octanol–water partition coefficient (Wildman–Crippen LogP) is 3.19. The van der Waals surface area contributed by atoms with Gasteiger partial charge in [0.1, 0.15) is 5.56 Å². The number of ether oxygens (including phenoxy) is 1. The van der Waals surface area contributed by atoms with Gasteiger partial charge in [-0.3, -0.25) is 4.79 Å². The number of benzene rings is 1. The lowest BCUT2D eigenvalue weighted by Crippen LogP contribution is -2.25. The van der Waals surface area contributed by atoms with Crippen LogP contribution in [0.4, 0.5) is 17.6 Å². The molecular weight excluding hydrogens is 330 g/mol. The lowest BCUT2D eigenvalue weighted by Gasteiger charge is -2.13. The molecular formula is C15H11F4N3O2. The highest BCUT2D eigenvalue weighted by Crippen LogP contribution is 2.34. The Morgan fingerprint density at radius 2 is 2.00 bits per heavy atom. The van der Waals surface area contributed by atoms with E-state index in [9.17, 15) is 22.4 Å². The third-order valence-corrected chi connectivity index (χ3v) is 3.72. The van der Waals surface area contributed by atoms with Crippen molar-refractivity contribution in [1.82, 2.24) is 14.8 Å². The maximum Gasteiger partial charge on any atom is 0.423 e. The second-order valence-corrected chi connectivity index (χ2v) is 5.12. The third-order valence-electron chi connectivity index (χ3n) is 3.72. The fraction of sp³-hybridized carbons (Fsp3) is 0.200. The van der Waals surface area contributed by atoms with Crippen LogP contribution in [-0.2, 0) is 6.18 Å². The minimum Gasteiger partial charge on any atom is -0.494 e. The van der Waals surface area contributed by atoms with E-state index in [2.05, 4.69) is 5.10 Å². The van der Waals surface area contributed by atoms with Crippen molar-refractivity contribution >= 4 is 10.8 Å². The summed E-state index contributed by atoms with van der Waals surface area (Å²) in [6.45, 7) is 1.56. The van der Waals surface area contributed by atoms with Crippen molar-refractivity contribution in [3.63, 3.8) is 0 Å². The van der Waals surface area contributed by atoms with E-state index < -0.39 is 28.8 Å². The first-order chi connectivity index (χ1) is 11.2. The minimum atomic E-state index is -4.86. The smallest absolute Gasteiger partial charge is 0.423 e. The Kier molecular flexibility index (Phi) is 3.58. The Morgan fingerprint density at radius 1 is 1.29 bits per heavy atom. The fourth-order valence-corrected chi connectivity index (χ4v) is 2.61. The standard InChI is InChI=1S/C15H11F4N3O2/c1-7-9-4-12(24-2)10(16)3-8(9)6-22(7)11-5-20-21-14(23)13(11)15(17,18)19/h3-6H,1-2H3,(H,21,23). The molecule has 9 heteroatoms. The van der Waals surface area contributed by atoms with Gasteiger partial charge in [-0.2, -0.15) is 18.3 Å². The first-order valence-corrected chi connectivity index (χ1v) is 6.74. The van der Waals surface area contributed by atoms with Crippen molar-refractivity contribution in [1.29, 1.82) is 0 Å². The largest absolute Gasteiger partial charge is 0.494 e. The van der Waals surface area contributed by atoms with Crippen LogP contribution in [0.2, 0.25) is 0 Å². The molecule has 3 rings (SSSR count). The number of aromatic amines is 1. The van der Waals surface area contributed by atoms with Crippen LogP contribution in [0.15, 0.2) is 29.3 Å². The minimum absolute atomic E-state index is 0.0246. The number of H-pyrrole nitrogens is 1. The van der Waals surface area contributed by atoms with Crippen molar-refractivity contribution in [2.75, 3.05) is 7.11 Å². The van der Waals surface area contributed by atoms with Gasteiger partial charge in [0.2, 0.25) is 0 Å². The molecule has 3 aromatic rings. The summed E-state index contributed by atoms with van der Waals surface area (Å²) in [6.07, 6.45) is -2.64. The average Bonchev–Trinajstić information content (AvgIpc) is 2.81. The molecule has 0 fully saturated rings. The van der Waals surface area contributed by atoms with E-state index in [4.69, 9.17) is 4.74 Å². The maximum absolute atomic E-state index is 13.8. The highest BCUT2D eigenvalue weighted by molar-refractivity contribution is 5.87. The highest BCUT2D eigenvalue weighted by Gasteiger charge is 2.38. The average molecular weight is 341 g/mol. The molecule has 0 bridgehead atoms. The van der Waals surface area contributed by atoms with Gasteiger partial charge in [0.15, 0.2) is 11.6 Å². The van der Waals surface area contributed by atoms with Crippen LogP contribution in [-0.4, -0.2) is 21.9 Å². The first kappa shape index (κ1) is 16.0. The van der Waals surface area contributed by atoms with E-state index >= 15 is 0 Å². The Hall–Kier alpha value is -2.84. The summed E-state index contributed by atoms with van der Waals surface area (Å²) < 4.78 is 59.5. The predicted molar refractivity (Wildman–Crippen MR) is 77.9 cm³/mol. The summed E-state index contributed by atoms with van der Waals surface area (Å²) in [5, 5.41) is 6.09. The zero-order valence-electron chi connectivity index (χ0n) is 12.5. The normalized spacial score (nSPS) is 11.9. The number of rotatable bonds is 2. The molecule has 0 spiro atoms. The number of fused-ring (bicyclic) bond motifs is 1. The van der Waals surface area contributed by atoms with E-state index in [1.165, 1.54) is 19.4 Å². The van der Waals surface area contributed by atoms with Gasteiger partial charge in [-0.15, -0.1) is 0 Å². The zero-order chi connectivity index (χ0) is 17.6. The topological polar surface area (TPSA) is 59.9 Å². The fourth-order valence-electron chi connectivity index (χ4n) is 2.61. The van der Waals surface area contributed by atoms with Crippen molar-refractivity contribution in [3.05, 3.63) is 52.0 Å². The van der Waals surface area contributed by atoms with Gasteiger partial charge in [0.05, 0.1) is 19.0 Å². The van der Waals surface area contributed by atoms with E-state index in [0.717, 1.165) is 16.8 Å². The van der Waals surface area contributed by atoms with Crippen LogP contribution < -0.4 is 10.3 Å². The van der Waals surface area contributed by atoms with E-state index in [-0.39, 0.29) is 5.75 Å². The number of aryl methyl sites for hydroxylation is 1. The van der Waals surface area contributed by atoms with Gasteiger partial charge in [-0.05, 0) is 19.1 Å². The maximum atomic E-state index is 13.8. The molecule has 0 aliphatic carbocycles. The van der Waals surface area contributed by atoms with Crippen molar-refractivity contribution in [2.45, 2.75) is 13.1 Å². The van der Waals surface area contributed by atoms with Gasteiger partial charge in [0, 0.05) is 22.7 Å². The van der Waals surface area contributed by atoms with Crippen LogP contribution in [0.3, 0.4) is 0 Å². The molecule has 0 radical (unpaired) electrons. The number of methoxy groups -OCH3 is 1. The number of hydrogen-bond acceptors (Lipinski definition) is 3. The summed E-state index contributed by atoms with van der Waals surface area (Å²) in [5.74, 6) is -0.661. The Balaban J connectivity index is 2.34. The van der Waals surface area contributed by atoms with Crippen LogP contribution in [0.25, 0.3) is 16.5 Å². The molecule has 0 aliphatic rings. The second-order valence-electron chi connectivity index (χ2n) is 5.12. The van der Waals surface area contributed by atoms with Crippen molar-refractivity contribution < 1.29 is 22.3 Å². The summed E-state index contributed by atoms with van der Waals surface area (Å²) in [5.41, 5.74) is -2.75. The number of halogens is 4. The third kappa shape index (κ3) is 2.41. The van der Waals surface area contributed by atoms with Gasteiger partial charge in [0.25, 0.3) is 5.56 Å². The molecule has 0 unspecified atom stereocenters. The molecule has 2 aromatic heterocycles. The van der Waals surface area contributed by atoms with Crippen LogP contribution in [0.1, 0.15) is 11.3 Å². The lowest BCUT2D eigenvalue weighted by atomic mass is 10.2. The summed E-state index contributed by atoms with van der Waals surface area (Å²) in [6, 6.07) is 2.55. The molecule has 0 saturated carbocycles. The number of nitrogens with one attached hydrogen (secondary N) is 1. The molecule has 5 nitrogen and oxygen atoms in total. The van der Waals surface area contributed by atoms with Gasteiger partial charge in [-0.1, -0.05) is 0 Å². The van der Waals surface area contributed by atoms with E-state index in [1.807, 2.05) is 0 Å². The van der Waals surface area contributed by atoms with Crippen LogP contribution >= 0.6 is 0 Å². The number of alkyl halides is 3. The number of aromatic nitrogens is 3. The second kappa shape index (κ2) is 5.36. The van der Waals surface area contributed by atoms with E-state index in [1.54, 1.807) is 12.0 Å². The SMILES string of the molecule is COc1cc2c(C)n(-c3cn[nH]c(=O)c3C(F)(F)F)cc2cc1F. The summed E-state index contributed by atoms with van der Waals surface area (Å²) in [7, 11) is 1.29. The van der Waals surface area contributed by atoms with E-state index in [0.29, 0.717) is 16.5 Å². The van der Waals surface area contributed by atoms with Crippen LogP contribution in [0.5, 0.6) is 5.75 Å². The zero-order valence-corrected chi connectivity index (χ0v) is 12.5. The van der Waals surface area contributed by atoms with Gasteiger partial charge >= 0.3 is 6.18 Å². The quantitative estimate of drug-likeness (QED) is 0.728. The highest BCUT2D eigenvalue weighted by atomic mass is 19.4. The summed E-state index contributed by atoms with van der Waals surface area (Å²) >= 11 is 0. The molecule has 24 heavy (non-hydrogen) atoms. The molecule has 1 aromatic carbocycles. The molecule has 2 heterocycles. The molecule has 0 atom stereocenters. The Morgan fingerprint density at radius 3 is 2.62 bits per heavy atom. The molecule has 126 valence electrons. The molecule has 1 N–H and O–H groups in total. The molecule has 0 saturated heterocycles. The first-order valence-electron chi connectivity index (χ1n) is 6.74.